The van der Waals surface area contributed by atoms with Crippen molar-refractivity contribution in [3.8, 4) is 0 Å². The first kappa shape index (κ1) is 15.8. The molecule has 0 spiro atoms. The van der Waals surface area contributed by atoms with E-state index in [9.17, 15) is 4.79 Å². The van der Waals surface area contributed by atoms with Crippen molar-refractivity contribution in [2.24, 2.45) is 5.73 Å². The van der Waals surface area contributed by atoms with Gasteiger partial charge in [-0.15, -0.1) is 0 Å². The lowest BCUT2D eigenvalue weighted by molar-refractivity contribution is 0.0223. The lowest BCUT2D eigenvalue weighted by Crippen LogP contribution is -2.40. The first-order valence-corrected chi connectivity index (χ1v) is 7.50. The minimum atomic E-state index is -0.476. The predicted octanol–water partition coefficient (Wildman–Crippen LogP) is 2.22. The number of rotatable bonds is 2. The monoisotopic (exact) mass is 294 g/mol. The van der Waals surface area contributed by atoms with Crippen LogP contribution in [-0.2, 0) is 24.2 Å². The predicted molar refractivity (Wildman–Crippen MR) is 80.9 cm³/mol. The molecule has 1 aliphatic heterocycles. The molecule has 0 aromatic carbocycles. The van der Waals surface area contributed by atoms with Gasteiger partial charge in [-0.1, -0.05) is 0 Å². The van der Waals surface area contributed by atoms with E-state index in [4.69, 9.17) is 10.5 Å². The van der Waals surface area contributed by atoms with Gasteiger partial charge in [0.1, 0.15) is 5.60 Å². The molecule has 21 heavy (non-hydrogen) atoms. The van der Waals surface area contributed by atoms with E-state index in [0.717, 1.165) is 23.4 Å². The van der Waals surface area contributed by atoms with Gasteiger partial charge in [-0.25, -0.2) is 4.79 Å². The van der Waals surface area contributed by atoms with E-state index in [0.29, 0.717) is 19.6 Å². The van der Waals surface area contributed by atoms with Crippen LogP contribution in [0.1, 0.15) is 57.6 Å². The fourth-order valence-corrected chi connectivity index (χ4v) is 2.58. The van der Waals surface area contributed by atoms with Gasteiger partial charge in [-0.2, -0.15) is 5.10 Å². The van der Waals surface area contributed by atoms with Crippen LogP contribution in [0.2, 0.25) is 0 Å². The van der Waals surface area contributed by atoms with Crippen LogP contribution in [0.4, 0.5) is 4.79 Å². The number of carbonyl (C=O) groups is 1. The summed E-state index contributed by atoms with van der Waals surface area (Å²) >= 11 is 0. The molecule has 1 aromatic heterocycles. The van der Waals surface area contributed by atoms with E-state index >= 15 is 0 Å². The summed E-state index contributed by atoms with van der Waals surface area (Å²) in [5, 5.41) is 4.65. The highest BCUT2D eigenvalue weighted by molar-refractivity contribution is 5.68. The third-order valence-electron chi connectivity index (χ3n) is 3.50. The second-order valence-electron chi connectivity index (χ2n) is 6.77. The quantitative estimate of drug-likeness (QED) is 0.907. The largest absolute Gasteiger partial charge is 0.444 e. The first-order chi connectivity index (χ1) is 9.73. The highest BCUT2D eigenvalue weighted by Gasteiger charge is 2.29. The maximum atomic E-state index is 12.2. The second kappa shape index (κ2) is 5.67. The summed E-state index contributed by atoms with van der Waals surface area (Å²) in [7, 11) is 0. The molecule has 0 aliphatic carbocycles. The number of fused-ring (bicyclic) bond motifs is 1. The highest BCUT2D eigenvalue weighted by Crippen LogP contribution is 2.25. The molecule has 1 aliphatic rings. The van der Waals surface area contributed by atoms with Crippen molar-refractivity contribution in [1.29, 1.82) is 0 Å². The topological polar surface area (TPSA) is 73.4 Å². The van der Waals surface area contributed by atoms with Crippen molar-refractivity contribution in [1.82, 2.24) is 14.7 Å². The molecule has 6 heteroatoms. The van der Waals surface area contributed by atoms with Crippen LogP contribution in [0.5, 0.6) is 0 Å². The third-order valence-corrected chi connectivity index (χ3v) is 3.50. The number of amides is 1. The third kappa shape index (κ3) is 3.37. The molecule has 0 saturated heterocycles. The molecule has 0 atom stereocenters. The van der Waals surface area contributed by atoms with Gasteiger partial charge in [0.25, 0.3) is 0 Å². The van der Waals surface area contributed by atoms with E-state index in [1.807, 2.05) is 25.5 Å². The maximum Gasteiger partial charge on any atom is 0.410 e. The molecule has 0 unspecified atom stereocenters. The van der Waals surface area contributed by atoms with Gasteiger partial charge in [0.2, 0.25) is 0 Å². The fraction of sp³-hybridized carbons (Fsp3) is 0.733. The number of aromatic nitrogens is 2. The Kier molecular flexibility index (Phi) is 4.27. The average Bonchev–Trinajstić information content (AvgIpc) is 2.74. The van der Waals surface area contributed by atoms with Crippen molar-refractivity contribution < 1.29 is 9.53 Å². The van der Waals surface area contributed by atoms with Crippen LogP contribution in [0.25, 0.3) is 0 Å². The summed E-state index contributed by atoms with van der Waals surface area (Å²) in [5.41, 5.74) is 8.58. The fourth-order valence-electron chi connectivity index (χ4n) is 2.58. The molecule has 1 amide bonds. The number of ether oxygens (including phenoxy) is 1. The Morgan fingerprint density at radius 2 is 2.10 bits per heavy atom. The van der Waals surface area contributed by atoms with Crippen LogP contribution >= 0.6 is 0 Å². The Balaban J connectivity index is 2.22. The zero-order valence-electron chi connectivity index (χ0n) is 13.6. The molecule has 2 heterocycles. The molecule has 0 fully saturated rings. The molecule has 1 aromatic rings. The molecular formula is C15H26N4O2. The summed E-state index contributed by atoms with van der Waals surface area (Å²) in [6.07, 6.45) is 0.481. The molecule has 6 nitrogen and oxygen atoms in total. The minimum Gasteiger partial charge on any atom is -0.444 e. The Labute approximate surface area is 126 Å². The van der Waals surface area contributed by atoms with Gasteiger partial charge >= 0.3 is 6.09 Å². The van der Waals surface area contributed by atoms with Crippen molar-refractivity contribution in [2.75, 3.05) is 6.54 Å². The number of hydrogen-bond acceptors (Lipinski definition) is 4. The van der Waals surface area contributed by atoms with Crippen LogP contribution in [0, 0.1) is 0 Å². The van der Waals surface area contributed by atoms with E-state index in [-0.39, 0.29) is 12.1 Å². The van der Waals surface area contributed by atoms with E-state index in [1.54, 1.807) is 4.90 Å². The Morgan fingerprint density at radius 3 is 2.62 bits per heavy atom. The zero-order valence-corrected chi connectivity index (χ0v) is 13.6. The van der Waals surface area contributed by atoms with Crippen LogP contribution < -0.4 is 5.73 Å². The highest BCUT2D eigenvalue weighted by atomic mass is 16.6. The Bertz CT molecular complexity index is 529. The van der Waals surface area contributed by atoms with E-state index in [1.165, 1.54) is 0 Å². The maximum absolute atomic E-state index is 12.2. The summed E-state index contributed by atoms with van der Waals surface area (Å²) in [6, 6.07) is 0.268. The van der Waals surface area contributed by atoms with Gasteiger partial charge in [0.15, 0.2) is 0 Å². The Hall–Kier alpha value is -1.56. The lowest BCUT2D eigenvalue weighted by atomic mass is 10.1. The number of nitrogens with zero attached hydrogens (tertiary/aromatic N) is 3. The van der Waals surface area contributed by atoms with Gasteiger partial charge < -0.3 is 15.4 Å². The summed E-state index contributed by atoms with van der Waals surface area (Å²) in [6.45, 7) is 11.4. The van der Waals surface area contributed by atoms with Gasteiger partial charge in [0, 0.05) is 31.1 Å². The molecular weight excluding hydrogens is 268 g/mol. The molecule has 0 bridgehead atoms. The minimum absolute atomic E-state index is 0.268. The smallest absolute Gasteiger partial charge is 0.410 e. The number of carbonyl (C=O) groups excluding carboxylic acids is 1. The standard InChI is InChI=1S/C15H26N4O2/c1-10(2)19-13(8-16)11-9-18(7-6-12(11)17-19)14(20)21-15(3,4)5/h10H,6-9,16H2,1-5H3. The van der Waals surface area contributed by atoms with Crippen molar-refractivity contribution in [3.63, 3.8) is 0 Å². The Morgan fingerprint density at radius 1 is 1.43 bits per heavy atom. The molecule has 118 valence electrons. The van der Waals surface area contributed by atoms with E-state index < -0.39 is 5.60 Å². The molecule has 2 rings (SSSR count). The van der Waals surface area contributed by atoms with Gasteiger partial charge in [-0.3, -0.25) is 4.68 Å². The SMILES string of the molecule is CC(C)n1nc2c(c1CN)CN(C(=O)OC(C)(C)C)CC2. The summed E-state index contributed by atoms with van der Waals surface area (Å²) in [5.74, 6) is 0. The van der Waals surface area contributed by atoms with E-state index in [2.05, 4.69) is 18.9 Å². The van der Waals surface area contributed by atoms with Gasteiger partial charge in [-0.05, 0) is 34.6 Å². The van der Waals surface area contributed by atoms with Crippen molar-refractivity contribution in [3.05, 3.63) is 17.0 Å². The number of nitrogens with two attached hydrogens (primary N) is 1. The normalized spacial score (nSPS) is 15.3. The molecule has 0 radical (unpaired) electrons. The second-order valence-corrected chi connectivity index (χ2v) is 6.77. The molecule has 2 N–H and O–H groups in total. The zero-order chi connectivity index (χ0) is 15.8. The van der Waals surface area contributed by atoms with Crippen LogP contribution in [0.3, 0.4) is 0 Å². The van der Waals surface area contributed by atoms with Crippen molar-refractivity contribution >= 4 is 6.09 Å². The number of hydrogen-bond donors (Lipinski definition) is 1. The molecule has 0 saturated carbocycles. The van der Waals surface area contributed by atoms with Crippen LogP contribution in [0.15, 0.2) is 0 Å². The van der Waals surface area contributed by atoms with Crippen LogP contribution in [-0.4, -0.2) is 32.9 Å². The van der Waals surface area contributed by atoms with Crippen molar-refractivity contribution in [2.45, 2.75) is 65.8 Å². The average molecular weight is 294 g/mol. The lowest BCUT2D eigenvalue weighted by Gasteiger charge is -2.30. The first-order valence-electron chi connectivity index (χ1n) is 7.50. The summed E-state index contributed by atoms with van der Waals surface area (Å²) < 4.78 is 7.42. The van der Waals surface area contributed by atoms with Gasteiger partial charge in [0.05, 0.1) is 17.9 Å². The summed E-state index contributed by atoms with van der Waals surface area (Å²) in [4.78, 5) is 13.9.